The van der Waals surface area contributed by atoms with Crippen LogP contribution in [-0.2, 0) is 13.8 Å². The molecule has 1 aromatic heterocycles. The van der Waals surface area contributed by atoms with E-state index in [4.69, 9.17) is 19.8 Å². The van der Waals surface area contributed by atoms with Crippen molar-refractivity contribution in [1.29, 1.82) is 0 Å². The Morgan fingerprint density at radius 3 is 2.68 bits per heavy atom. The summed E-state index contributed by atoms with van der Waals surface area (Å²) in [5.41, 5.74) is 0. The lowest BCUT2D eigenvalue weighted by atomic mass is 10.2. The van der Waals surface area contributed by atoms with E-state index >= 15 is 0 Å². The highest BCUT2D eigenvalue weighted by Gasteiger charge is 2.22. The third kappa shape index (κ3) is 4.52. The van der Waals surface area contributed by atoms with Crippen molar-refractivity contribution in [2.24, 2.45) is 0 Å². The van der Waals surface area contributed by atoms with Crippen molar-refractivity contribution in [3.05, 3.63) is 17.6 Å². The predicted octanol–water partition coefficient (Wildman–Crippen LogP) is 1.67. The molecule has 0 aliphatic heterocycles. The summed E-state index contributed by atoms with van der Waals surface area (Å²) in [4.78, 5) is 11.6. The van der Waals surface area contributed by atoms with Gasteiger partial charge >= 0.3 is 0 Å². The number of amides is 1. The van der Waals surface area contributed by atoms with Gasteiger partial charge in [0.25, 0.3) is 15.0 Å². The monoisotopic (exact) mass is 309 g/mol. The number of rotatable bonds is 6. The van der Waals surface area contributed by atoms with E-state index in [0.717, 1.165) is 6.07 Å². The zero-order valence-corrected chi connectivity index (χ0v) is 12.5. The van der Waals surface area contributed by atoms with Crippen LogP contribution in [-0.4, -0.2) is 34.1 Å². The van der Waals surface area contributed by atoms with Gasteiger partial charge in [0.1, 0.15) is 10.7 Å². The SMILES string of the molecule is COCCC(C)NC(=O)c1cc(S(=O)(=O)Cl)c(C)o1. The average Bonchev–Trinajstić information content (AvgIpc) is 2.68. The van der Waals surface area contributed by atoms with Crippen molar-refractivity contribution >= 4 is 25.6 Å². The largest absolute Gasteiger partial charge is 0.455 e. The molecule has 19 heavy (non-hydrogen) atoms. The van der Waals surface area contributed by atoms with E-state index in [1.54, 1.807) is 7.11 Å². The molecular weight excluding hydrogens is 294 g/mol. The Hall–Kier alpha value is -1.05. The fourth-order valence-electron chi connectivity index (χ4n) is 1.48. The van der Waals surface area contributed by atoms with E-state index < -0.39 is 15.0 Å². The maximum Gasteiger partial charge on any atom is 0.287 e. The van der Waals surface area contributed by atoms with Gasteiger partial charge in [-0.1, -0.05) is 0 Å². The van der Waals surface area contributed by atoms with E-state index in [2.05, 4.69) is 5.32 Å². The lowest BCUT2D eigenvalue weighted by Crippen LogP contribution is -2.33. The Labute approximate surface area is 116 Å². The lowest BCUT2D eigenvalue weighted by molar-refractivity contribution is 0.0900. The van der Waals surface area contributed by atoms with Gasteiger partial charge in [0.05, 0.1) is 0 Å². The quantitative estimate of drug-likeness (QED) is 0.808. The standard InChI is InChI=1S/C11H16ClNO5S/c1-7(4-5-17-3)13-11(14)9-6-10(8(2)18-9)19(12,15)16/h6-7H,4-5H2,1-3H3,(H,13,14). The number of carbonyl (C=O) groups excluding carboxylic acids is 1. The van der Waals surface area contributed by atoms with Crippen molar-refractivity contribution in [2.75, 3.05) is 13.7 Å². The molecular formula is C11H16ClNO5S. The summed E-state index contributed by atoms with van der Waals surface area (Å²) in [7, 11) is 2.88. The van der Waals surface area contributed by atoms with Crippen LogP contribution in [0.2, 0.25) is 0 Å². The number of ether oxygens (including phenoxy) is 1. The normalized spacial score (nSPS) is 13.3. The number of hydrogen-bond acceptors (Lipinski definition) is 5. The van der Waals surface area contributed by atoms with E-state index in [-0.39, 0.29) is 22.5 Å². The van der Waals surface area contributed by atoms with E-state index in [9.17, 15) is 13.2 Å². The van der Waals surface area contributed by atoms with Gasteiger partial charge < -0.3 is 14.5 Å². The highest BCUT2D eigenvalue weighted by molar-refractivity contribution is 8.13. The number of methoxy groups -OCH3 is 1. The first-order chi connectivity index (χ1) is 8.75. The van der Waals surface area contributed by atoms with Crippen LogP contribution in [0.25, 0.3) is 0 Å². The Kier molecular flexibility index (Phi) is 5.39. The molecule has 0 saturated carbocycles. The summed E-state index contributed by atoms with van der Waals surface area (Å²) < 4.78 is 32.4. The molecule has 0 aromatic carbocycles. The Bertz CT molecular complexity index is 551. The van der Waals surface area contributed by atoms with Gasteiger partial charge in [0.2, 0.25) is 0 Å². The molecule has 8 heteroatoms. The molecule has 1 heterocycles. The number of nitrogens with one attached hydrogen (secondary N) is 1. The maximum absolute atomic E-state index is 11.8. The number of hydrogen-bond donors (Lipinski definition) is 1. The van der Waals surface area contributed by atoms with E-state index in [0.29, 0.717) is 13.0 Å². The molecule has 0 fully saturated rings. The second-order valence-electron chi connectivity index (χ2n) is 4.12. The first-order valence-electron chi connectivity index (χ1n) is 5.60. The summed E-state index contributed by atoms with van der Waals surface area (Å²) >= 11 is 0. The molecule has 1 unspecified atom stereocenters. The molecule has 1 rings (SSSR count). The molecule has 0 saturated heterocycles. The van der Waals surface area contributed by atoms with Gasteiger partial charge in [-0.3, -0.25) is 4.79 Å². The summed E-state index contributed by atoms with van der Waals surface area (Å²) in [5, 5.41) is 2.67. The van der Waals surface area contributed by atoms with Crippen LogP contribution in [0.5, 0.6) is 0 Å². The van der Waals surface area contributed by atoms with Gasteiger partial charge in [-0.25, -0.2) is 8.42 Å². The smallest absolute Gasteiger partial charge is 0.287 e. The molecule has 0 bridgehead atoms. The van der Waals surface area contributed by atoms with Crippen LogP contribution < -0.4 is 5.32 Å². The van der Waals surface area contributed by atoms with Crippen molar-refractivity contribution in [3.8, 4) is 0 Å². The van der Waals surface area contributed by atoms with E-state index in [1.165, 1.54) is 6.92 Å². The topological polar surface area (TPSA) is 85.6 Å². The van der Waals surface area contributed by atoms with Crippen LogP contribution in [0.4, 0.5) is 0 Å². The van der Waals surface area contributed by atoms with Gasteiger partial charge in [-0.2, -0.15) is 0 Å². The summed E-state index contributed by atoms with van der Waals surface area (Å²) in [6, 6.07) is 1.00. The first-order valence-corrected chi connectivity index (χ1v) is 7.91. The number of carbonyl (C=O) groups is 1. The molecule has 6 nitrogen and oxygen atoms in total. The third-order valence-corrected chi connectivity index (χ3v) is 3.92. The third-order valence-electron chi connectivity index (χ3n) is 2.49. The van der Waals surface area contributed by atoms with Crippen LogP contribution in [0.15, 0.2) is 15.4 Å². The van der Waals surface area contributed by atoms with Gasteiger partial charge in [-0.05, 0) is 20.3 Å². The average molecular weight is 310 g/mol. The minimum absolute atomic E-state index is 0.0824. The molecule has 1 N–H and O–H groups in total. The molecule has 0 spiro atoms. The second kappa shape index (κ2) is 6.40. The molecule has 0 aliphatic rings. The number of aryl methyl sites for hydroxylation is 1. The number of furan rings is 1. The molecule has 1 atom stereocenters. The van der Waals surface area contributed by atoms with Crippen molar-refractivity contribution in [1.82, 2.24) is 5.32 Å². The van der Waals surface area contributed by atoms with Crippen LogP contribution in [0.3, 0.4) is 0 Å². The summed E-state index contributed by atoms with van der Waals surface area (Å²) in [6.45, 7) is 3.76. The maximum atomic E-state index is 11.8. The fourth-order valence-corrected chi connectivity index (χ4v) is 2.57. The predicted molar refractivity (Wildman–Crippen MR) is 69.9 cm³/mol. The van der Waals surface area contributed by atoms with Crippen LogP contribution >= 0.6 is 10.7 Å². The number of halogens is 1. The first kappa shape index (κ1) is 16.0. The van der Waals surface area contributed by atoms with Gasteiger partial charge in [0, 0.05) is 36.5 Å². The lowest BCUT2D eigenvalue weighted by Gasteiger charge is -2.11. The molecule has 0 aliphatic carbocycles. The Balaban J connectivity index is 2.79. The molecule has 108 valence electrons. The zero-order chi connectivity index (χ0) is 14.6. The Morgan fingerprint density at radius 2 is 2.21 bits per heavy atom. The van der Waals surface area contributed by atoms with Crippen molar-refractivity contribution in [3.63, 3.8) is 0 Å². The second-order valence-corrected chi connectivity index (χ2v) is 6.66. The highest BCUT2D eigenvalue weighted by atomic mass is 35.7. The van der Waals surface area contributed by atoms with Gasteiger partial charge in [0.15, 0.2) is 5.76 Å². The highest BCUT2D eigenvalue weighted by Crippen LogP contribution is 2.23. The van der Waals surface area contributed by atoms with Crippen molar-refractivity contribution in [2.45, 2.75) is 31.2 Å². The molecule has 1 amide bonds. The van der Waals surface area contributed by atoms with Crippen molar-refractivity contribution < 1.29 is 22.4 Å². The Morgan fingerprint density at radius 1 is 1.58 bits per heavy atom. The van der Waals surface area contributed by atoms with Gasteiger partial charge in [-0.15, -0.1) is 0 Å². The van der Waals surface area contributed by atoms with E-state index in [1.807, 2.05) is 6.92 Å². The minimum Gasteiger partial charge on any atom is -0.455 e. The minimum atomic E-state index is -3.91. The zero-order valence-electron chi connectivity index (χ0n) is 10.9. The van der Waals surface area contributed by atoms with Crippen LogP contribution in [0, 0.1) is 6.92 Å². The summed E-state index contributed by atoms with van der Waals surface area (Å²) in [5.74, 6) is -0.482. The molecule has 0 radical (unpaired) electrons. The summed E-state index contributed by atoms with van der Waals surface area (Å²) in [6.07, 6.45) is 0.641. The molecule has 1 aromatic rings. The fraction of sp³-hybridized carbons (Fsp3) is 0.545. The van der Waals surface area contributed by atoms with Crippen LogP contribution in [0.1, 0.15) is 29.7 Å².